The Bertz CT molecular complexity index is 1030. The Morgan fingerprint density at radius 1 is 1.13 bits per heavy atom. The van der Waals surface area contributed by atoms with E-state index in [-0.39, 0.29) is 6.10 Å². The largest absolute Gasteiger partial charge is 0.490 e. The summed E-state index contributed by atoms with van der Waals surface area (Å²) in [5.41, 5.74) is 2.22. The first-order valence-corrected chi connectivity index (χ1v) is 11.6. The topological polar surface area (TPSA) is 129 Å². The molecule has 0 aliphatic carbocycles. The fourth-order valence-electron chi connectivity index (χ4n) is 4.29. The molecule has 0 unspecified atom stereocenters. The lowest BCUT2D eigenvalue weighted by atomic mass is 10.00. The highest BCUT2D eigenvalue weighted by Crippen LogP contribution is 2.33. The van der Waals surface area contributed by atoms with Gasteiger partial charge in [0.25, 0.3) is 0 Å². The number of halogens is 6. The van der Waals surface area contributed by atoms with Crippen molar-refractivity contribution in [2.75, 3.05) is 20.2 Å². The number of likely N-dealkylation sites (N-methyl/N-ethyl adjacent to an activating group) is 1. The predicted molar refractivity (Wildman–Crippen MR) is 120 cm³/mol. The second kappa shape index (κ2) is 13.3. The number of carboxylic acid groups (broad SMARTS) is 2. The zero-order valence-electron chi connectivity index (χ0n) is 21.3. The second-order valence-corrected chi connectivity index (χ2v) is 8.94. The lowest BCUT2D eigenvalue weighted by molar-refractivity contribution is -0.193. The minimum Gasteiger partial charge on any atom is -0.475 e. The van der Waals surface area contributed by atoms with Gasteiger partial charge in [-0.2, -0.15) is 26.3 Å². The van der Waals surface area contributed by atoms with Crippen molar-refractivity contribution in [3.63, 3.8) is 0 Å². The van der Waals surface area contributed by atoms with Gasteiger partial charge in [-0.1, -0.05) is 5.16 Å². The lowest BCUT2D eigenvalue weighted by Crippen LogP contribution is -2.46. The Kier molecular flexibility index (Phi) is 10.9. The standard InChI is InChI=1S/C19H27N3O3.2C2HF3O2/c1-13-16(14(2)25-20-13)11-22-12-18(19-17(22)7-5-9-24-19)21(3)10-15-6-4-8-23-15;2*3-2(4,5)1(6)7/h4,6,8,17-19H,5,7,9-12H2,1-3H3;2*(H,6,7)/t17-,18-,19+;;/m1../s1. The van der Waals surface area contributed by atoms with Crippen LogP contribution in [-0.2, 0) is 27.4 Å². The van der Waals surface area contributed by atoms with E-state index in [2.05, 4.69) is 22.0 Å². The number of furan rings is 1. The van der Waals surface area contributed by atoms with Crippen LogP contribution in [0, 0.1) is 13.8 Å². The Balaban J connectivity index is 0.000000317. The molecule has 2 aliphatic rings. The summed E-state index contributed by atoms with van der Waals surface area (Å²) in [6.07, 6.45) is -5.84. The van der Waals surface area contributed by atoms with E-state index >= 15 is 0 Å². The van der Waals surface area contributed by atoms with Crippen LogP contribution in [0.25, 0.3) is 0 Å². The van der Waals surface area contributed by atoms with Gasteiger partial charge in [-0.25, -0.2) is 9.59 Å². The third-order valence-electron chi connectivity index (χ3n) is 6.18. The summed E-state index contributed by atoms with van der Waals surface area (Å²) in [6, 6.07) is 4.82. The Labute approximate surface area is 219 Å². The van der Waals surface area contributed by atoms with Crippen LogP contribution in [0.3, 0.4) is 0 Å². The van der Waals surface area contributed by atoms with Crippen LogP contribution in [0.4, 0.5) is 26.3 Å². The van der Waals surface area contributed by atoms with E-state index in [9.17, 15) is 26.3 Å². The Morgan fingerprint density at radius 2 is 1.72 bits per heavy atom. The number of rotatable bonds is 5. The summed E-state index contributed by atoms with van der Waals surface area (Å²) < 4.78 is 80.6. The molecule has 0 aromatic carbocycles. The van der Waals surface area contributed by atoms with Gasteiger partial charge in [-0.05, 0) is 45.9 Å². The Hall–Kier alpha value is -3.11. The number of aliphatic carboxylic acids is 2. The van der Waals surface area contributed by atoms with Crippen molar-refractivity contribution in [2.45, 2.75) is 70.3 Å². The average molecular weight is 573 g/mol. The lowest BCUT2D eigenvalue weighted by Gasteiger charge is -2.34. The molecule has 2 saturated heterocycles. The van der Waals surface area contributed by atoms with E-state index in [1.54, 1.807) is 6.26 Å². The van der Waals surface area contributed by atoms with Gasteiger partial charge in [0.2, 0.25) is 0 Å². The monoisotopic (exact) mass is 573 g/mol. The molecule has 10 nitrogen and oxygen atoms in total. The van der Waals surface area contributed by atoms with Crippen LogP contribution >= 0.6 is 0 Å². The van der Waals surface area contributed by atoms with Crippen LogP contribution in [0.2, 0.25) is 0 Å². The minimum atomic E-state index is -5.08. The van der Waals surface area contributed by atoms with Gasteiger partial charge in [-0.15, -0.1) is 0 Å². The highest BCUT2D eigenvalue weighted by molar-refractivity contribution is 5.73. The summed E-state index contributed by atoms with van der Waals surface area (Å²) >= 11 is 0. The number of carboxylic acids is 2. The zero-order chi connectivity index (χ0) is 29.5. The average Bonchev–Trinajstić information content (AvgIpc) is 3.55. The van der Waals surface area contributed by atoms with Crippen molar-refractivity contribution in [1.82, 2.24) is 15.0 Å². The van der Waals surface area contributed by atoms with E-state index in [0.29, 0.717) is 12.1 Å². The van der Waals surface area contributed by atoms with Crippen molar-refractivity contribution < 1.29 is 59.8 Å². The van der Waals surface area contributed by atoms with Crippen molar-refractivity contribution in [3.8, 4) is 0 Å². The summed E-state index contributed by atoms with van der Waals surface area (Å²) in [5.74, 6) is -3.59. The summed E-state index contributed by atoms with van der Waals surface area (Å²) in [7, 11) is 2.17. The van der Waals surface area contributed by atoms with Crippen molar-refractivity contribution >= 4 is 11.9 Å². The highest BCUT2D eigenvalue weighted by Gasteiger charge is 2.46. The van der Waals surface area contributed by atoms with Crippen LogP contribution in [0.1, 0.15) is 35.6 Å². The number of alkyl halides is 6. The molecular weight excluding hydrogens is 544 g/mol. The van der Waals surface area contributed by atoms with Gasteiger partial charge in [-0.3, -0.25) is 9.80 Å². The maximum Gasteiger partial charge on any atom is 0.490 e. The first-order valence-electron chi connectivity index (χ1n) is 11.6. The number of likely N-dealkylation sites (tertiary alicyclic amines) is 1. The molecule has 2 aliphatic heterocycles. The van der Waals surface area contributed by atoms with Gasteiger partial charge >= 0.3 is 24.3 Å². The molecule has 2 aromatic heterocycles. The number of aromatic nitrogens is 1. The fraction of sp³-hybridized carbons (Fsp3) is 0.609. The van der Waals surface area contributed by atoms with Crippen LogP contribution in [-0.4, -0.2) is 87.8 Å². The molecule has 3 atom stereocenters. The summed E-state index contributed by atoms with van der Waals surface area (Å²) in [6.45, 7) is 7.58. The third-order valence-corrected chi connectivity index (χ3v) is 6.18. The molecule has 0 bridgehead atoms. The number of hydrogen-bond donors (Lipinski definition) is 2. The van der Waals surface area contributed by atoms with E-state index in [1.807, 2.05) is 26.0 Å². The number of aryl methyl sites for hydroxylation is 2. The number of hydrogen-bond acceptors (Lipinski definition) is 8. The van der Waals surface area contributed by atoms with Crippen molar-refractivity contribution in [2.24, 2.45) is 0 Å². The molecule has 220 valence electrons. The SMILES string of the molecule is Cc1noc(C)c1CN1C[C@@H](N(C)Cc2ccco2)[C@H]2OCCC[C@H]21.O=C(O)C(F)(F)F.O=C(O)C(F)(F)F. The van der Waals surface area contributed by atoms with Crippen LogP contribution < -0.4 is 0 Å². The van der Waals surface area contributed by atoms with E-state index < -0.39 is 24.3 Å². The maximum atomic E-state index is 10.6. The number of fused-ring (bicyclic) bond motifs is 1. The molecular formula is C23H29F6N3O7. The van der Waals surface area contributed by atoms with Crippen molar-refractivity contribution in [3.05, 3.63) is 41.2 Å². The van der Waals surface area contributed by atoms with Crippen LogP contribution in [0.15, 0.2) is 27.3 Å². The molecule has 4 heterocycles. The third kappa shape index (κ3) is 9.25. The van der Waals surface area contributed by atoms with Crippen molar-refractivity contribution in [1.29, 1.82) is 0 Å². The quantitative estimate of drug-likeness (QED) is 0.506. The van der Waals surface area contributed by atoms with Gasteiger partial charge in [0.1, 0.15) is 11.5 Å². The van der Waals surface area contributed by atoms with Gasteiger partial charge in [0, 0.05) is 31.3 Å². The summed E-state index contributed by atoms with van der Waals surface area (Å²) in [5, 5.41) is 18.4. The molecule has 0 saturated carbocycles. The number of nitrogens with zero attached hydrogens (tertiary/aromatic N) is 3. The van der Waals surface area contributed by atoms with Gasteiger partial charge in [0.15, 0.2) is 0 Å². The first-order chi connectivity index (χ1) is 18.0. The van der Waals surface area contributed by atoms with E-state index in [4.69, 9.17) is 33.5 Å². The smallest absolute Gasteiger partial charge is 0.475 e. The molecule has 2 aromatic rings. The predicted octanol–water partition coefficient (Wildman–Crippen LogP) is 4.01. The van der Waals surface area contributed by atoms with E-state index in [0.717, 1.165) is 49.9 Å². The van der Waals surface area contributed by atoms with Gasteiger partial charge in [0.05, 0.1) is 30.6 Å². The molecule has 2 fully saturated rings. The van der Waals surface area contributed by atoms with Crippen LogP contribution in [0.5, 0.6) is 0 Å². The summed E-state index contributed by atoms with van der Waals surface area (Å²) in [4.78, 5) is 22.7. The molecule has 16 heteroatoms. The highest BCUT2D eigenvalue weighted by atomic mass is 19.4. The maximum absolute atomic E-state index is 10.6. The normalized spacial score (nSPS) is 21.4. The molecule has 39 heavy (non-hydrogen) atoms. The second-order valence-electron chi connectivity index (χ2n) is 8.94. The molecule has 4 rings (SSSR count). The molecule has 0 amide bonds. The fourth-order valence-corrected chi connectivity index (χ4v) is 4.29. The zero-order valence-corrected chi connectivity index (χ0v) is 21.3. The first kappa shape index (κ1) is 32.1. The van der Waals surface area contributed by atoms with Gasteiger partial charge < -0.3 is 23.9 Å². The number of ether oxygens (including phenoxy) is 1. The molecule has 0 radical (unpaired) electrons. The minimum absolute atomic E-state index is 0.259. The van der Waals surface area contributed by atoms with E-state index in [1.165, 1.54) is 12.0 Å². The number of carbonyl (C=O) groups is 2. The molecule has 2 N–H and O–H groups in total. The molecule has 0 spiro atoms. The Morgan fingerprint density at radius 3 is 2.18 bits per heavy atom.